The smallest absolute Gasteiger partial charge is 0.0543 e. The van der Waals surface area contributed by atoms with Gasteiger partial charge in [-0.15, -0.1) is 0 Å². The molecule has 0 aromatic rings. The Morgan fingerprint density at radius 2 is 1.57 bits per heavy atom. The van der Waals surface area contributed by atoms with Crippen LogP contribution in [0.3, 0.4) is 0 Å². The van der Waals surface area contributed by atoms with E-state index < -0.39 is 0 Å². The molecule has 1 N–H and O–H groups in total. The van der Waals surface area contributed by atoms with Gasteiger partial charge in [0.2, 0.25) is 0 Å². The third-order valence-corrected chi connectivity index (χ3v) is 4.57. The van der Waals surface area contributed by atoms with Crippen LogP contribution in [0.15, 0.2) is 0 Å². The summed E-state index contributed by atoms with van der Waals surface area (Å²) in [6.07, 6.45) is 7.69. The van der Waals surface area contributed by atoms with E-state index in [-0.39, 0.29) is 6.10 Å². The van der Waals surface area contributed by atoms with E-state index in [9.17, 15) is 5.11 Å². The fourth-order valence-electron chi connectivity index (χ4n) is 3.51. The average molecular weight is 196 g/mol. The van der Waals surface area contributed by atoms with Crippen LogP contribution in [0.1, 0.15) is 52.4 Å². The summed E-state index contributed by atoms with van der Waals surface area (Å²) in [6.45, 7) is 4.73. The Morgan fingerprint density at radius 1 is 0.929 bits per heavy atom. The molecule has 2 rings (SSSR count). The third kappa shape index (κ3) is 2.13. The van der Waals surface area contributed by atoms with Gasteiger partial charge in [0.25, 0.3) is 0 Å². The zero-order valence-corrected chi connectivity index (χ0v) is 9.58. The van der Waals surface area contributed by atoms with E-state index in [1.165, 1.54) is 25.7 Å². The maximum Gasteiger partial charge on any atom is 0.0543 e. The van der Waals surface area contributed by atoms with Crippen molar-refractivity contribution in [1.29, 1.82) is 0 Å². The maximum atomic E-state index is 9.62. The monoisotopic (exact) mass is 196 g/mol. The second kappa shape index (κ2) is 4.22. The summed E-state index contributed by atoms with van der Waals surface area (Å²) in [5.74, 6) is 3.63. The molecule has 14 heavy (non-hydrogen) atoms. The topological polar surface area (TPSA) is 20.2 Å². The molecule has 0 radical (unpaired) electrons. The fraction of sp³-hybridized carbons (Fsp3) is 1.00. The Morgan fingerprint density at radius 3 is 2.29 bits per heavy atom. The van der Waals surface area contributed by atoms with E-state index in [1.54, 1.807) is 0 Å². The lowest BCUT2D eigenvalue weighted by Crippen LogP contribution is -2.34. The number of rotatable bonds is 1. The Kier molecular flexibility index (Phi) is 3.16. The van der Waals surface area contributed by atoms with Crippen LogP contribution in [-0.2, 0) is 0 Å². The minimum absolute atomic E-state index is 0.0202. The first-order valence-corrected chi connectivity index (χ1v) is 6.35. The first kappa shape index (κ1) is 10.5. The molecule has 1 heteroatoms. The average Bonchev–Trinajstić information content (AvgIpc) is 2.16. The molecule has 2 aliphatic rings. The minimum Gasteiger partial charge on any atom is -0.393 e. The summed E-state index contributed by atoms with van der Waals surface area (Å²) < 4.78 is 0. The van der Waals surface area contributed by atoms with Crippen molar-refractivity contribution in [2.45, 2.75) is 58.5 Å². The third-order valence-electron chi connectivity index (χ3n) is 4.57. The molecular formula is C13H24O. The normalized spacial score (nSPS) is 43.7. The molecule has 0 aromatic carbocycles. The second-order valence-electron chi connectivity index (χ2n) is 5.80. The molecular weight excluding hydrogens is 172 g/mol. The van der Waals surface area contributed by atoms with Crippen molar-refractivity contribution in [3.8, 4) is 0 Å². The molecule has 2 aliphatic carbocycles. The van der Waals surface area contributed by atoms with Crippen LogP contribution in [0.4, 0.5) is 0 Å². The van der Waals surface area contributed by atoms with Gasteiger partial charge in [-0.25, -0.2) is 0 Å². The van der Waals surface area contributed by atoms with E-state index in [4.69, 9.17) is 0 Å². The Balaban J connectivity index is 1.91. The summed E-state index contributed by atoms with van der Waals surface area (Å²) in [5.41, 5.74) is 0. The quantitative estimate of drug-likeness (QED) is 0.682. The molecule has 1 nitrogen and oxygen atoms in total. The van der Waals surface area contributed by atoms with Gasteiger partial charge in [-0.1, -0.05) is 13.8 Å². The van der Waals surface area contributed by atoms with Gasteiger partial charge in [-0.3, -0.25) is 0 Å². The van der Waals surface area contributed by atoms with Crippen LogP contribution in [0, 0.1) is 23.7 Å². The fourth-order valence-corrected chi connectivity index (χ4v) is 3.51. The molecule has 0 aliphatic heterocycles. The number of fused-ring (bicyclic) bond motifs is 1. The zero-order chi connectivity index (χ0) is 10.1. The lowest BCUT2D eigenvalue weighted by atomic mass is 9.65. The van der Waals surface area contributed by atoms with Crippen LogP contribution >= 0.6 is 0 Å². The molecule has 82 valence electrons. The summed E-state index contributed by atoms with van der Waals surface area (Å²) >= 11 is 0. The predicted octanol–water partition coefficient (Wildman–Crippen LogP) is 3.22. The van der Waals surface area contributed by atoms with Crippen molar-refractivity contribution >= 4 is 0 Å². The highest BCUT2D eigenvalue weighted by molar-refractivity contribution is 4.86. The van der Waals surface area contributed by atoms with Crippen LogP contribution in [0.25, 0.3) is 0 Å². The SMILES string of the molecule is CC(C)[C@@H]1CC[C@@H]2C[C@H](O)CC[C@H]2C1. The summed E-state index contributed by atoms with van der Waals surface area (Å²) in [4.78, 5) is 0. The van der Waals surface area contributed by atoms with Crippen molar-refractivity contribution in [3.05, 3.63) is 0 Å². The summed E-state index contributed by atoms with van der Waals surface area (Å²) in [5, 5.41) is 9.62. The van der Waals surface area contributed by atoms with Crippen LogP contribution < -0.4 is 0 Å². The van der Waals surface area contributed by atoms with Gasteiger partial charge in [0.15, 0.2) is 0 Å². The van der Waals surface area contributed by atoms with Crippen LogP contribution in [0.5, 0.6) is 0 Å². The molecule has 0 bridgehead atoms. The number of hydrogen-bond donors (Lipinski definition) is 1. The van der Waals surface area contributed by atoms with Gasteiger partial charge in [0.05, 0.1) is 6.10 Å². The van der Waals surface area contributed by atoms with Gasteiger partial charge in [-0.2, -0.15) is 0 Å². The van der Waals surface area contributed by atoms with E-state index in [0.717, 1.165) is 36.5 Å². The number of hydrogen-bond acceptors (Lipinski definition) is 1. The molecule has 2 fully saturated rings. The largest absolute Gasteiger partial charge is 0.393 e. The van der Waals surface area contributed by atoms with Crippen molar-refractivity contribution in [3.63, 3.8) is 0 Å². The van der Waals surface area contributed by atoms with E-state index in [1.807, 2.05) is 0 Å². The molecule has 4 atom stereocenters. The van der Waals surface area contributed by atoms with Crippen LogP contribution in [-0.4, -0.2) is 11.2 Å². The first-order chi connectivity index (χ1) is 6.66. The van der Waals surface area contributed by atoms with Gasteiger partial charge in [0.1, 0.15) is 0 Å². The van der Waals surface area contributed by atoms with Crippen molar-refractivity contribution in [2.24, 2.45) is 23.7 Å². The maximum absolute atomic E-state index is 9.62. The molecule has 0 heterocycles. The number of aliphatic hydroxyl groups is 1. The van der Waals surface area contributed by atoms with Gasteiger partial charge < -0.3 is 5.11 Å². The van der Waals surface area contributed by atoms with Gasteiger partial charge >= 0.3 is 0 Å². The predicted molar refractivity (Wildman–Crippen MR) is 59.0 cm³/mol. The zero-order valence-electron chi connectivity index (χ0n) is 9.58. The molecule has 0 amide bonds. The lowest BCUT2D eigenvalue weighted by Gasteiger charge is -2.42. The number of aliphatic hydroxyl groups excluding tert-OH is 1. The molecule has 0 spiro atoms. The van der Waals surface area contributed by atoms with Gasteiger partial charge in [-0.05, 0) is 62.2 Å². The molecule has 0 unspecified atom stereocenters. The highest BCUT2D eigenvalue weighted by Gasteiger charge is 2.35. The van der Waals surface area contributed by atoms with Gasteiger partial charge in [0, 0.05) is 0 Å². The van der Waals surface area contributed by atoms with Crippen LogP contribution in [0.2, 0.25) is 0 Å². The highest BCUT2D eigenvalue weighted by atomic mass is 16.3. The molecule has 0 aromatic heterocycles. The summed E-state index contributed by atoms with van der Waals surface area (Å²) in [7, 11) is 0. The molecule has 2 saturated carbocycles. The van der Waals surface area contributed by atoms with Crippen molar-refractivity contribution in [2.75, 3.05) is 0 Å². The summed E-state index contributed by atoms with van der Waals surface area (Å²) in [6, 6.07) is 0. The van der Waals surface area contributed by atoms with E-state index in [2.05, 4.69) is 13.8 Å². The van der Waals surface area contributed by atoms with E-state index in [0.29, 0.717) is 0 Å². The molecule has 0 saturated heterocycles. The minimum atomic E-state index is 0.0202. The Labute approximate surface area is 87.9 Å². The lowest BCUT2D eigenvalue weighted by molar-refractivity contribution is 0.0282. The first-order valence-electron chi connectivity index (χ1n) is 6.35. The second-order valence-corrected chi connectivity index (χ2v) is 5.80. The van der Waals surface area contributed by atoms with Crippen molar-refractivity contribution < 1.29 is 5.11 Å². The van der Waals surface area contributed by atoms with Crippen molar-refractivity contribution in [1.82, 2.24) is 0 Å². The van der Waals surface area contributed by atoms with E-state index >= 15 is 0 Å². The highest BCUT2D eigenvalue weighted by Crippen LogP contribution is 2.44. The Bertz CT molecular complexity index is 188. The Hall–Kier alpha value is -0.0400. The standard InChI is InChI=1S/C13H24O/c1-9(2)10-3-4-12-8-13(14)6-5-11(12)7-10/h9-14H,3-8H2,1-2H3/t10-,11+,12-,13-/m1/s1.